The van der Waals surface area contributed by atoms with Crippen molar-refractivity contribution in [2.24, 2.45) is 0 Å². The average molecular weight is 420 g/mol. The lowest BCUT2D eigenvalue weighted by molar-refractivity contribution is -0.122. The topological polar surface area (TPSA) is 84.0 Å². The van der Waals surface area contributed by atoms with Gasteiger partial charge in [0.2, 0.25) is 5.91 Å². The molecule has 31 heavy (non-hydrogen) atoms. The summed E-state index contributed by atoms with van der Waals surface area (Å²) in [6.07, 6.45) is -0.553. The van der Waals surface area contributed by atoms with Crippen LogP contribution in [-0.4, -0.2) is 40.9 Å². The normalized spacial score (nSPS) is 20.2. The van der Waals surface area contributed by atoms with Crippen LogP contribution < -0.4 is 4.90 Å². The van der Waals surface area contributed by atoms with Gasteiger partial charge >= 0.3 is 6.09 Å². The second-order valence-electron chi connectivity index (χ2n) is 9.03. The first-order valence-electron chi connectivity index (χ1n) is 10.2. The molecule has 2 aromatic rings. The van der Waals surface area contributed by atoms with Crippen molar-refractivity contribution in [3.63, 3.8) is 0 Å². The van der Waals surface area contributed by atoms with Crippen molar-refractivity contribution < 1.29 is 23.9 Å². The highest BCUT2D eigenvalue weighted by Crippen LogP contribution is 2.44. The van der Waals surface area contributed by atoms with Crippen molar-refractivity contribution in [3.05, 3.63) is 65.2 Å². The van der Waals surface area contributed by atoms with Gasteiger partial charge in [0.05, 0.1) is 22.2 Å². The number of hydrogen-bond donors (Lipinski definition) is 0. The summed E-state index contributed by atoms with van der Waals surface area (Å²) < 4.78 is 5.44. The molecule has 0 bridgehead atoms. The summed E-state index contributed by atoms with van der Waals surface area (Å²) >= 11 is 0. The van der Waals surface area contributed by atoms with Gasteiger partial charge in [-0.3, -0.25) is 19.3 Å². The molecule has 0 aromatic heterocycles. The number of para-hydroxylation sites is 1. The number of nitrogens with zero attached hydrogens (tertiary/aromatic N) is 2. The third-order valence-corrected chi connectivity index (χ3v) is 5.70. The molecule has 160 valence electrons. The Balaban J connectivity index is 1.62. The molecule has 0 spiro atoms. The van der Waals surface area contributed by atoms with Crippen molar-refractivity contribution in [1.82, 2.24) is 4.90 Å². The van der Waals surface area contributed by atoms with Crippen LogP contribution in [0.5, 0.6) is 0 Å². The van der Waals surface area contributed by atoms with Crippen LogP contribution in [-0.2, 0) is 14.9 Å². The molecule has 2 aliphatic heterocycles. The summed E-state index contributed by atoms with van der Waals surface area (Å²) in [6.45, 7) is 7.00. The van der Waals surface area contributed by atoms with Gasteiger partial charge < -0.3 is 4.74 Å². The van der Waals surface area contributed by atoms with Gasteiger partial charge in [-0.05, 0) is 57.9 Å². The van der Waals surface area contributed by atoms with Crippen LogP contribution in [0.4, 0.5) is 10.5 Å². The summed E-state index contributed by atoms with van der Waals surface area (Å²) in [5.41, 5.74) is 0.0281. The minimum Gasteiger partial charge on any atom is -0.443 e. The minimum absolute atomic E-state index is 0.0606. The second-order valence-corrected chi connectivity index (χ2v) is 9.03. The van der Waals surface area contributed by atoms with E-state index in [0.717, 1.165) is 4.90 Å². The zero-order chi connectivity index (χ0) is 22.6. The molecule has 0 saturated heterocycles. The summed E-state index contributed by atoms with van der Waals surface area (Å²) in [7, 11) is 0. The third-order valence-electron chi connectivity index (χ3n) is 5.70. The van der Waals surface area contributed by atoms with Crippen LogP contribution in [0.1, 0.15) is 60.4 Å². The molecular weight excluding hydrogens is 396 g/mol. The highest BCUT2D eigenvalue weighted by molar-refractivity contribution is 6.22. The molecule has 2 aromatic carbocycles. The largest absolute Gasteiger partial charge is 0.443 e. The molecule has 1 unspecified atom stereocenters. The number of rotatable bonds is 3. The minimum atomic E-state index is -1.08. The van der Waals surface area contributed by atoms with Crippen LogP contribution in [0.25, 0.3) is 0 Å². The Bertz CT molecular complexity index is 1080. The van der Waals surface area contributed by atoms with Gasteiger partial charge in [0.1, 0.15) is 5.60 Å². The molecule has 0 radical (unpaired) electrons. The smallest absolute Gasteiger partial charge is 0.421 e. The molecule has 0 fully saturated rings. The molecule has 0 N–H and O–H groups in total. The molecular formula is C24H24N2O5. The maximum atomic E-state index is 13.4. The highest BCUT2D eigenvalue weighted by atomic mass is 16.6. The van der Waals surface area contributed by atoms with E-state index in [-0.39, 0.29) is 24.8 Å². The number of anilines is 1. The molecule has 7 heteroatoms. The number of imide groups is 2. The molecule has 2 heterocycles. The first-order chi connectivity index (χ1) is 14.5. The first-order valence-corrected chi connectivity index (χ1v) is 10.2. The van der Waals surface area contributed by atoms with Gasteiger partial charge in [-0.1, -0.05) is 30.3 Å². The maximum Gasteiger partial charge on any atom is 0.421 e. The number of ether oxygens (including phenoxy) is 1. The fourth-order valence-electron chi connectivity index (χ4n) is 4.11. The fourth-order valence-corrected chi connectivity index (χ4v) is 4.11. The van der Waals surface area contributed by atoms with Gasteiger partial charge in [0.25, 0.3) is 11.8 Å². The van der Waals surface area contributed by atoms with Crippen molar-refractivity contribution in [2.75, 3.05) is 11.4 Å². The van der Waals surface area contributed by atoms with Gasteiger partial charge in [0.15, 0.2) is 0 Å². The predicted molar refractivity (Wildman–Crippen MR) is 114 cm³/mol. The molecule has 1 atom stereocenters. The number of carbonyl (C=O) groups is 4. The Morgan fingerprint density at radius 2 is 1.48 bits per heavy atom. The van der Waals surface area contributed by atoms with Crippen molar-refractivity contribution >= 4 is 29.5 Å². The van der Waals surface area contributed by atoms with Gasteiger partial charge in [-0.25, -0.2) is 9.69 Å². The standard InChI is InChI=1S/C24H24N2O5/c1-23(2,3)31-22(30)26-18-12-8-7-11-17(18)24(4,21(26)29)13-14-25-19(27)15-9-5-6-10-16(15)20(25)28/h5-12H,13-14H2,1-4H3. The van der Waals surface area contributed by atoms with E-state index in [9.17, 15) is 19.2 Å². The fraction of sp³-hybridized carbons (Fsp3) is 0.333. The molecule has 0 saturated carbocycles. The van der Waals surface area contributed by atoms with E-state index in [0.29, 0.717) is 22.4 Å². The number of amides is 4. The zero-order valence-electron chi connectivity index (χ0n) is 18.0. The lowest BCUT2D eigenvalue weighted by Gasteiger charge is -2.27. The SMILES string of the molecule is CC(C)(C)OC(=O)N1C(=O)C(C)(CCN2C(=O)c3ccccc3C2=O)c2ccccc21. The zero-order valence-corrected chi connectivity index (χ0v) is 18.0. The van der Waals surface area contributed by atoms with E-state index in [1.807, 2.05) is 0 Å². The quantitative estimate of drug-likeness (QED) is 0.703. The van der Waals surface area contributed by atoms with Crippen LogP contribution in [0.2, 0.25) is 0 Å². The van der Waals surface area contributed by atoms with Crippen LogP contribution in [0, 0.1) is 0 Å². The van der Waals surface area contributed by atoms with Gasteiger partial charge in [-0.15, -0.1) is 0 Å². The summed E-state index contributed by atoms with van der Waals surface area (Å²) in [5, 5.41) is 0. The summed E-state index contributed by atoms with van der Waals surface area (Å²) in [5.74, 6) is -1.17. The summed E-state index contributed by atoms with van der Waals surface area (Å²) in [6, 6.07) is 13.7. The second kappa shape index (κ2) is 7.04. The Morgan fingerprint density at radius 1 is 0.935 bits per heavy atom. The Morgan fingerprint density at radius 3 is 2.06 bits per heavy atom. The van der Waals surface area contributed by atoms with E-state index in [4.69, 9.17) is 4.74 Å². The number of carbonyl (C=O) groups excluding carboxylic acids is 4. The monoisotopic (exact) mass is 420 g/mol. The van der Waals surface area contributed by atoms with E-state index in [1.165, 1.54) is 4.90 Å². The lowest BCUT2D eigenvalue weighted by atomic mass is 9.80. The van der Waals surface area contributed by atoms with Crippen molar-refractivity contribution in [2.45, 2.75) is 45.1 Å². The molecule has 2 aliphatic rings. The van der Waals surface area contributed by atoms with E-state index in [2.05, 4.69) is 0 Å². The van der Waals surface area contributed by atoms with Crippen LogP contribution >= 0.6 is 0 Å². The summed E-state index contributed by atoms with van der Waals surface area (Å²) in [4.78, 5) is 53.9. The third kappa shape index (κ3) is 3.30. The first kappa shape index (κ1) is 20.8. The average Bonchev–Trinajstić information content (AvgIpc) is 3.08. The van der Waals surface area contributed by atoms with Crippen LogP contribution in [0.3, 0.4) is 0 Å². The molecule has 4 rings (SSSR count). The van der Waals surface area contributed by atoms with Crippen molar-refractivity contribution in [3.8, 4) is 0 Å². The van der Waals surface area contributed by atoms with E-state index in [1.54, 1.807) is 76.2 Å². The Labute approximate surface area is 180 Å². The Hall–Kier alpha value is -3.48. The number of fused-ring (bicyclic) bond motifs is 2. The maximum absolute atomic E-state index is 13.4. The predicted octanol–water partition coefficient (Wildman–Crippen LogP) is 3.91. The Kier molecular flexibility index (Phi) is 4.72. The highest BCUT2D eigenvalue weighted by Gasteiger charge is 2.51. The van der Waals surface area contributed by atoms with E-state index < -0.39 is 23.0 Å². The van der Waals surface area contributed by atoms with E-state index >= 15 is 0 Å². The molecule has 4 amide bonds. The lowest BCUT2D eigenvalue weighted by Crippen LogP contribution is -2.45. The van der Waals surface area contributed by atoms with Crippen LogP contribution in [0.15, 0.2) is 48.5 Å². The van der Waals surface area contributed by atoms with Gasteiger partial charge in [0, 0.05) is 6.54 Å². The molecule has 7 nitrogen and oxygen atoms in total. The van der Waals surface area contributed by atoms with Crippen molar-refractivity contribution in [1.29, 1.82) is 0 Å². The number of benzene rings is 2. The molecule has 0 aliphatic carbocycles. The number of hydrogen-bond acceptors (Lipinski definition) is 5. The van der Waals surface area contributed by atoms with Gasteiger partial charge in [-0.2, -0.15) is 0 Å².